The van der Waals surface area contributed by atoms with Gasteiger partial charge in [-0.05, 0) is 52.9 Å². The molecule has 1 heterocycles. The highest BCUT2D eigenvalue weighted by atomic mass is 16.1. The number of imidazole rings is 1. The summed E-state index contributed by atoms with van der Waals surface area (Å²) in [6.45, 7) is 9.87. The van der Waals surface area contributed by atoms with Gasteiger partial charge >= 0.3 is 0 Å². The second kappa shape index (κ2) is 13.7. The molecule has 6 nitrogen and oxygen atoms in total. The summed E-state index contributed by atoms with van der Waals surface area (Å²) in [7, 11) is 0. The van der Waals surface area contributed by atoms with Gasteiger partial charge in [0.05, 0.1) is 24.4 Å². The summed E-state index contributed by atoms with van der Waals surface area (Å²) in [5, 5.41) is 15.0. The van der Waals surface area contributed by atoms with Crippen molar-refractivity contribution < 1.29 is 4.79 Å². The molecule has 0 aliphatic carbocycles. The van der Waals surface area contributed by atoms with Crippen LogP contribution in [0.15, 0.2) is 79.3 Å². The zero-order valence-electron chi connectivity index (χ0n) is 23.3. The Labute approximate surface area is 232 Å². The molecule has 39 heavy (non-hydrogen) atoms. The minimum atomic E-state index is 0.0171. The fraction of sp³-hybridized carbons (Fsp3) is 0.364. The normalized spacial score (nSPS) is 12.8. The number of hydrogen-bond donors (Lipinski definition) is 1. The van der Waals surface area contributed by atoms with Crippen LogP contribution in [-0.4, -0.2) is 39.5 Å². The molecule has 0 spiro atoms. The number of rotatable bonds is 13. The van der Waals surface area contributed by atoms with Crippen molar-refractivity contribution in [1.29, 1.82) is 5.26 Å². The molecule has 1 N–H and O–H groups in total. The number of nitriles is 1. The van der Waals surface area contributed by atoms with E-state index in [9.17, 15) is 4.79 Å². The number of hydrogen-bond acceptors (Lipinski definition) is 4. The highest BCUT2D eigenvalue weighted by molar-refractivity contribution is 5.85. The summed E-state index contributed by atoms with van der Waals surface area (Å²) >= 11 is 0. The van der Waals surface area contributed by atoms with Gasteiger partial charge in [-0.2, -0.15) is 5.26 Å². The van der Waals surface area contributed by atoms with E-state index in [0.29, 0.717) is 18.0 Å². The molecule has 2 atom stereocenters. The summed E-state index contributed by atoms with van der Waals surface area (Å²) in [5.74, 6) is 0.368. The van der Waals surface area contributed by atoms with Crippen LogP contribution < -0.4 is 5.32 Å². The van der Waals surface area contributed by atoms with Crippen molar-refractivity contribution >= 4 is 16.7 Å². The molecule has 1 aromatic heterocycles. The van der Waals surface area contributed by atoms with E-state index in [1.165, 1.54) is 16.3 Å². The van der Waals surface area contributed by atoms with Gasteiger partial charge in [-0.1, -0.05) is 81.8 Å². The van der Waals surface area contributed by atoms with Gasteiger partial charge in [-0.25, -0.2) is 4.98 Å². The van der Waals surface area contributed by atoms with E-state index in [-0.39, 0.29) is 18.4 Å². The standard InChI is InChI=1S/C33H39N5O/c1-4-17-37(22-29-11-8-10-28-9-6-7-12-31(28)29)23-32(25(3)5-2)36-33(39)18-30-20-35-24-38(30)21-27-15-13-26(19-34)14-16-27/h6-16,20,24-25,32H,4-5,17-18,21-23H2,1-3H3,(H,36,39)/t25-,32+/m0/s1. The number of fused-ring (bicyclic) bond motifs is 1. The second-order valence-electron chi connectivity index (χ2n) is 10.4. The number of amides is 1. The Morgan fingerprint density at radius 1 is 1.08 bits per heavy atom. The van der Waals surface area contributed by atoms with E-state index in [1.54, 1.807) is 12.5 Å². The van der Waals surface area contributed by atoms with E-state index in [4.69, 9.17) is 5.26 Å². The molecule has 3 aromatic carbocycles. The Kier molecular flexibility index (Phi) is 9.88. The van der Waals surface area contributed by atoms with Crippen molar-refractivity contribution in [3.05, 3.63) is 102 Å². The minimum absolute atomic E-state index is 0.0171. The maximum absolute atomic E-state index is 13.3. The van der Waals surface area contributed by atoms with Gasteiger partial charge in [-0.15, -0.1) is 0 Å². The lowest BCUT2D eigenvalue weighted by atomic mass is 9.97. The van der Waals surface area contributed by atoms with Crippen LogP contribution >= 0.6 is 0 Å². The first-order valence-electron chi connectivity index (χ1n) is 14.0. The molecule has 202 valence electrons. The number of nitrogens with zero attached hydrogens (tertiary/aromatic N) is 4. The van der Waals surface area contributed by atoms with Gasteiger partial charge in [0.15, 0.2) is 0 Å². The molecule has 4 aromatic rings. The molecule has 0 saturated heterocycles. The fourth-order valence-corrected chi connectivity index (χ4v) is 5.09. The van der Waals surface area contributed by atoms with Gasteiger partial charge in [0, 0.05) is 37.6 Å². The lowest BCUT2D eigenvalue weighted by Gasteiger charge is -2.31. The first kappa shape index (κ1) is 28.1. The largest absolute Gasteiger partial charge is 0.351 e. The summed E-state index contributed by atoms with van der Waals surface area (Å²) in [6.07, 6.45) is 5.86. The van der Waals surface area contributed by atoms with Gasteiger partial charge < -0.3 is 9.88 Å². The van der Waals surface area contributed by atoms with Crippen LogP contribution in [0.5, 0.6) is 0 Å². The maximum atomic E-state index is 13.3. The third kappa shape index (κ3) is 7.55. The van der Waals surface area contributed by atoms with Crippen LogP contribution in [0.25, 0.3) is 10.8 Å². The summed E-state index contributed by atoms with van der Waals surface area (Å²) in [6, 6.07) is 24.8. The average molecular weight is 522 g/mol. The molecule has 0 fully saturated rings. The van der Waals surface area contributed by atoms with Crippen LogP contribution in [0.1, 0.15) is 56.0 Å². The van der Waals surface area contributed by atoms with Crippen molar-refractivity contribution in [3.63, 3.8) is 0 Å². The fourth-order valence-electron chi connectivity index (χ4n) is 5.09. The first-order chi connectivity index (χ1) is 19.0. The van der Waals surface area contributed by atoms with Gasteiger partial charge in [0.1, 0.15) is 0 Å². The van der Waals surface area contributed by atoms with Crippen molar-refractivity contribution in [2.24, 2.45) is 5.92 Å². The summed E-state index contributed by atoms with van der Waals surface area (Å²) in [4.78, 5) is 20.1. The van der Waals surface area contributed by atoms with Crippen molar-refractivity contribution in [2.45, 2.75) is 59.2 Å². The quantitative estimate of drug-likeness (QED) is 0.236. The monoisotopic (exact) mass is 521 g/mol. The molecule has 0 saturated carbocycles. The van der Waals surface area contributed by atoms with Crippen LogP contribution in [0, 0.1) is 17.2 Å². The van der Waals surface area contributed by atoms with Crippen molar-refractivity contribution in [1.82, 2.24) is 19.8 Å². The van der Waals surface area contributed by atoms with Gasteiger partial charge in [-0.3, -0.25) is 9.69 Å². The van der Waals surface area contributed by atoms with Crippen molar-refractivity contribution in [3.8, 4) is 6.07 Å². The maximum Gasteiger partial charge on any atom is 0.226 e. The summed E-state index contributed by atoms with van der Waals surface area (Å²) < 4.78 is 2.00. The zero-order valence-corrected chi connectivity index (χ0v) is 23.3. The zero-order chi connectivity index (χ0) is 27.6. The number of nitrogens with one attached hydrogen (secondary N) is 1. The molecule has 0 aliphatic rings. The van der Waals surface area contributed by atoms with E-state index in [2.05, 4.69) is 84.5 Å². The van der Waals surface area contributed by atoms with Crippen molar-refractivity contribution in [2.75, 3.05) is 13.1 Å². The number of carbonyl (C=O) groups is 1. The molecule has 0 aliphatic heterocycles. The molecule has 0 bridgehead atoms. The molecule has 1 amide bonds. The number of benzene rings is 3. The third-order valence-corrected chi connectivity index (χ3v) is 7.52. The third-order valence-electron chi connectivity index (χ3n) is 7.52. The number of aromatic nitrogens is 2. The first-order valence-corrected chi connectivity index (χ1v) is 14.0. The predicted octanol–water partition coefficient (Wildman–Crippen LogP) is 5.94. The molecular weight excluding hydrogens is 482 g/mol. The Morgan fingerprint density at radius 2 is 1.85 bits per heavy atom. The minimum Gasteiger partial charge on any atom is -0.351 e. The molecule has 4 rings (SSSR count). The van der Waals surface area contributed by atoms with Crippen LogP contribution in [-0.2, 0) is 24.3 Å². The highest BCUT2D eigenvalue weighted by Crippen LogP contribution is 2.21. The lowest BCUT2D eigenvalue weighted by Crippen LogP contribution is -2.47. The Bertz CT molecular complexity index is 1400. The molecule has 6 heteroatoms. The second-order valence-corrected chi connectivity index (χ2v) is 10.4. The molecule has 0 unspecified atom stereocenters. The molecular formula is C33H39N5O. The van der Waals surface area contributed by atoms with Crippen LogP contribution in [0.4, 0.5) is 0 Å². The van der Waals surface area contributed by atoms with Crippen LogP contribution in [0.3, 0.4) is 0 Å². The van der Waals surface area contributed by atoms with E-state index >= 15 is 0 Å². The summed E-state index contributed by atoms with van der Waals surface area (Å²) in [5.41, 5.74) is 3.90. The number of carbonyl (C=O) groups excluding carboxylic acids is 1. The van der Waals surface area contributed by atoms with E-state index in [1.807, 2.05) is 28.8 Å². The van der Waals surface area contributed by atoms with Crippen LogP contribution in [0.2, 0.25) is 0 Å². The average Bonchev–Trinajstić information content (AvgIpc) is 3.38. The Balaban J connectivity index is 1.43. The van der Waals surface area contributed by atoms with E-state index in [0.717, 1.165) is 43.7 Å². The molecule has 0 radical (unpaired) electrons. The smallest absolute Gasteiger partial charge is 0.226 e. The highest BCUT2D eigenvalue weighted by Gasteiger charge is 2.22. The van der Waals surface area contributed by atoms with Gasteiger partial charge in [0.25, 0.3) is 0 Å². The SMILES string of the molecule is CCCN(Cc1cccc2ccccc12)C[C@@H](NC(=O)Cc1cncn1Cc1ccc(C#N)cc1)[C@@H](C)CC. The lowest BCUT2D eigenvalue weighted by molar-refractivity contribution is -0.121. The topological polar surface area (TPSA) is 74.0 Å². The predicted molar refractivity (Wildman–Crippen MR) is 157 cm³/mol. The van der Waals surface area contributed by atoms with Gasteiger partial charge in [0.2, 0.25) is 5.91 Å². The van der Waals surface area contributed by atoms with E-state index < -0.39 is 0 Å². The Morgan fingerprint density at radius 3 is 2.59 bits per heavy atom. The Hall–Kier alpha value is -3.95.